The minimum atomic E-state index is -0.357. The third-order valence-corrected chi connectivity index (χ3v) is 3.65. The second-order valence-electron chi connectivity index (χ2n) is 5.59. The van der Waals surface area contributed by atoms with E-state index >= 15 is 0 Å². The van der Waals surface area contributed by atoms with Crippen LogP contribution in [0.5, 0.6) is 5.75 Å². The van der Waals surface area contributed by atoms with E-state index in [-0.39, 0.29) is 18.6 Å². The molecule has 0 aliphatic heterocycles. The van der Waals surface area contributed by atoms with Gasteiger partial charge in [-0.25, -0.2) is 5.84 Å². The molecule has 146 valence electrons. The van der Waals surface area contributed by atoms with Crippen LogP contribution in [0.4, 0.5) is 0 Å². The van der Waals surface area contributed by atoms with Gasteiger partial charge in [-0.1, -0.05) is 43.7 Å². The van der Waals surface area contributed by atoms with Crippen LogP contribution in [-0.2, 0) is 4.74 Å². The van der Waals surface area contributed by atoms with Gasteiger partial charge in [-0.3, -0.25) is 10.2 Å². The molecule has 27 heavy (non-hydrogen) atoms. The average Bonchev–Trinajstić information content (AvgIpc) is 2.72. The molecule has 2 aromatic rings. The normalized spacial score (nSPS) is 11.7. The summed E-state index contributed by atoms with van der Waals surface area (Å²) >= 11 is 0. The van der Waals surface area contributed by atoms with Crippen LogP contribution in [0.2, 0.25) is 0 Å². The molecule has 1 atom stereocenters. The Bertz CT molecular complexity index is 743. The van der Waals surface area contributed by atoms with E-state index in [0.29, 0.717) is 17.1 Å². The molecule has 0 saturated carbocycles. The van der Waals surface area contributed by atoms with Crippen molar-refractivity contribution in [3.05, 3.63) is 77.2 Å². The predicted octanol–water partition coefficient (Wildman–Crippen LogP) is 3.58. The zero-order valence-electron chi connectivity index (χ0n) is 16.4. The van der Waals surface area contributed by atoms with Crippen molar-refractivity contribution in [1.82, 2.24) is 5.43 Å². The number of rotatable bonds is 7. The summed E-state index contributed by atoms with van der Waals surface area (Å²) in [7, 11) is 0. The number of ether oxygens (including phenoxy) is 2. The highest BCUT2D eigenvalue weighted by molar-refractivity contribution is 5.93. The van der Waals surface area contributed by atoms with Crippen molar-refractivity contribution in [3.8, 4) is 5.75 Å². The molecule has 0 fully saturated rings. The van der Waals surface area contributed by atoms with Crippen molar-refractivity contribution >= 4 is 5.91 Å². The minimum absolute atomic E-state index is 0.145. The van der Waals surface area contributed by atoms with Crippen LogP contribution >= 0.6 is 0 Å². The SMILES string of the molecule is CC.Cc1cccc(C(C)O/C(=C\N)COc2ccc(C(=O)NN)cc2)c1. The third kappa shape index (κ3) is 7.03. The van der Waals surface area contributed by atoms with Gasteiger partial charge < -0.3 is 15.2 Å². The van der Waals surface area contributed by atoms with Gasteiger partial charge in [0.25, 0.3) is 5.91 Å². The largest absolute Gasteiger partial charge is 0.486 e. The molecule has 0 heterocycles. The molecule has 0 aromatic heterocycles. The zero-order chi connectivity index (χ0) is 20.2. The summed E-state index contributed by atoms with van der Waals surface area (Å²) in [5.41, 5.74) is 10.4. The summed E-state index contributed by atoms with van der Waals surface area (Å²) in [5.74, 6) is 5.86. The first-order valence-corrected chi connectivity index (χ1v) is 8.91. The quantitative estimate of drug-likeness (QED) is 0.299. The standard InChI is InChI=1S/C19H23N3O3.C2H6/c1-13-4-3-5-16(10-13)14(2)25-18(11-20)12-24-17-8-6-15(7-9-17)19(23)22-21;1-2/h3-11,14H,12,20-21H2,1-2H3,(H,22,23);1-2H3/b18-11-;. The van der Waals surface area contributed by atoms with E-state index < -0.39 is 0 Å². The van der Waals surface area contributed by atoms with Gasteiger partial charge in [0.15, 0.2) is 0 Å². The van der Waals surface area contributed by atoms with Crippen LogP contribution < -0.4 is 21.7 Å². The Morgan fingerprint density at radius 1 is 1.19 bits per heavy atom. The van der Waals surface area contributed by atoms with Crippen LogP contribution in [-0.4, -0.2) is 12.5 Å². The van der Waals surface area contributed by atoms with Gasteiger partial charge in [0.2, 0.25) is 0 Å². The van der Waals surface area contributed by atoms with Gasteiger partial charge in [0, 0.05) is 11.8 Å². The summed E-state index contributed by atoms with van der Waals surface area (Å²) < 4.78 is 11.5. The smallest absolute Gasteiger partial charge is 0.265 e. The van der Waals surface area contributed by atoms with Gasteiger partial charge in [-0.15, -0.1) is 0 Å². The Morgan fingerprint density at radius 2 is 1.85 bits per heavy atom. The Morgan fingerprint density at radius 3 is 2.41 bits per heavy atom. The lowest BCUT2D eigenvalue weighted by atomic mass is 10.1. The molecule has 2 aromatic carbocycles. The molecule has 6 nitrogen and oxygen atoms in total. The Kier molecular flexibility index (Phi) is 9.47. The molecule has 1 unspecified atom stereocenters. The molecule has 5 N–H and O–H groups in total. The maximum atomic E-state index is 11.4. The topological polar surface area (TPSA) is 99.6 Å². The van der Waals surface area contributed by atoms with E-state index in [9.17, 15) is 4.79 Å². The van der Waals surface area contributed by atoms with Crippen molar-refractivity contribution in [2.45, 2.75) is 33.8 Å². The molecule has 0 bridgehead atoms. The van der Waals surface area contributed by atoms with E-state index in [0.717, 1.165) is 5.56 Å². The van der Waals surface area contributed by atoms with E-state index in [1.165, 1.54) is 11.8 Å². The average molecular weight is 371 g/mol. The summed E-state index contributed by atoms with van der Waals surface area (Å²) in [5, 5.41) is 0. The molecule has 0 saturated heterocycles. The molecule has 6 heteroatoms. The van der Waals surface area contributed by atoms with Crippen LogP contribution in [0.15, 0.2) is 60.5 Å². The second-order valence-corrected chi connectivity index (χ2v) is 5.59. The fraction of sp³-hybridized carbons (Fsp3) is 0.286. The lowest BCUT2D eigenvalue weighted by Gasteiger charge is -2.18. The Hall–Kier alpha value is -2.99. The zero-order valence-corrected chi connectivity index (χ0v) is 16.4. The van der Waals surface area contributed by atoms with Crippen molar-refractivity contribution < 1.29 is 14.3 Å². The van der Waals surface area contributed by atoms with Crippen molar-refractivity contribution in [2.24, 2.45) is 11.6 Å². The number of nitrogens with two attached hydrogens (primary N) is 2. The number of nitrogen functional groups attached to an aromatic ring is 1. The van der Waals surface area contributed by atoms with Crippen molar-refractivity contribution in [2.75, 3.05) is 6.61 Å². The Balaban J connectivity index is 0.00000176. The van der Waals surface area contributed by atoms with E-state index in [1.54, 1.807) is 24.3 Å². The van der Waals surface area contributed by atoms with Crippen molar-refractivity contribution in [3.63, 3.8) is 0 Å². The van der Waals surface area contributed by atoms with Crippen molar-refractivity contribution in [1.29, 1.82) is 0 Å². The number of aryl methyl sites for hydroxylation is 1. The van der Waals surface area contributed by atoms with E-state index in [1.807, 2.05) is 45.9 Å². The van der Waals surface area contributed by atoms with E-state index in [2.05, 4.69) is 11.5 Å². The summed E-state index contributed by atoms with van der Waals surface area (Å²) in [6.45, 7) is 8.18. The molecule has 0 spiro atoms. The lowest BCUT2D eigenvalue weighted by Crippen LogP contribution is -2.29. The van der Waals surface area contributed by atoms with Crippen LogP contribution in [0.1, 0.15) is 48.4 Å². The van der Waals surface area contributed by atoms with E-state index in [4.69, 9.17) is 21.1 Å². The van der Waals surface area contributed by atoms with Gasteiger partial charge >= 0.3 is 0 Å². The molecule has 2 rings (SSSR count). The Labute approximate surface area is 161 Å². The number of amides is 1. The summed E-state index contributed by atoms with van der Waals surface area (Å²) in [6.07, 6.45) is 1.25. The first kappa shape index (κ1) is 22.1. The molecular formula is C21H29N3O3. The fourth-order valence-corrected chi connectivity index (χ4v) is 2.28. The van der Waals surface area contributed by atoms with Gasteiger partial charge in [-0.2, -0.15) is 0 Å². The summed E-state index contributed by atoms with van der Waals surface area (Å²) in [4.78, 5) is 11.4. The fourth-order valence-electron chi connectivity index (χ4n) is 2.28. The minimum Gasteiger partial charge on any atom is -0.486 e. The first-order chi connectivity index (χ1) is 13.0. The molecule has 1 amide bonds. The second kappa shape index (κ2) is 11.6. The number of carbonyl (C=O) groups is 1. The highest BCUT2D eigenvalue weighted by Crippen LogP contribution is 2.21. The van der Waals surface area contributed by atoms with Gasteiger partial charge in [-0.05, 0) is 43.7 Å². The predicted molar refractivity (Wildman–Crippen MR) is 108 cm³/mol. The number of carbonyl (C=O) groups excluding carboxylic acids is 1. The highest BCUT2D eigenvalue weighted by Gasteiger charge is 2.10. The first-order valence-electron chi connectivity index (χ1n) is 8.91. The monoisotopic (exact) mass is 371 g/mol. The van der Waals surface area contributed by atoms with Gasteiger partial charge in [0.05, 0.1) is 0 Å². The number of benzene rings is 2. The highest BCUT2D eigenvalue weighted by atomic mass is 16.5. The number of nitrogens with one attached hydrogen (secondary N) is 1. The maximum Gasteiger partial charge on any atom is 0.265 e. The number of hydrogen-bond donors (Lipinski definition) is 3. The molecule has 0 aliphatic rings. The number of hydrazine groups is 1. The molecule has 0 aliphatic carbocycles. The van der Waals surface area contributed by atoms with Crippen LogP contribution in [0, 0.1) is 6.92 Å². The third-order valence-electron chi connectivity index (χ3n) is 3.65. The number of hydrogen-bond acceptors (Lipinski definition) is 5. The summed E-state index contributed by atoms with van der Waals surface area (Å²) in [6, 6.07) is 14.7. The molecular weight excluding hydrogens is 342 g/mol. The van der Waals surface area contributed by atoms with Gasteiger partial charge in [0.1, 0.15) is 24.2 Å². The van der Waals surface area contributed by atoms with Crippen LogP contribution in [0.3, 0.4) is 0 Å². The maximum absolute atomic E-state index is 11.4. The lowest BCUT2D eigenvalue weighted by molar-refractivity contribution is 0.0953. The molecule has 0 radical (unpaired) electrons. The van der Waals surface area contributed by atoms with Crippen LogP contribution in [0.25, 0.3) is 0 Å².